The standard InChI is InChI=1S/C25H16F3N7O/c26-25(27,28)21-15(10-11-17-20(21)24(36)35-32-17)23-29-16-9-5-4-8-14(16)22(31-23)30-19-12-18(33-34-19)13-6-2-1-3-7-13/h1-12H,(H2,32,35,36)(H2,29,30,31,33,34). The Bertz CT molecular complexity index is 1790. The van der Waals surface area contributed by atoms with Crippen molar-refractivity contribution in [1.82, 2.24) is 30.4 Å². The van der Waals surface area contributed by atoms with Crippen LogP contribution in [-0.4, -0.2) is 30.4 Å². The first-order chi connectivity index (χ1) is 17.4. The second kappa shape index (κ2) is 8.08. The SMILES string of the molecule is O=c1[nH][nH]c2ccc(-c3nc(Nc4cc(-c5ccccc5)[nH]n4)c4ccccc4n3)c(C(F)(F)F)c12. The molecule has 4 N–H and O–H groups in total. The molecule has 6 aromatic rings. The minimum Gasteiger partial charge on any atom is -0.323 e. The summed E-state index contributed by atoms with van der Waals surface area (Å²) >= 11 is 0. The van der Waals surface area contributed by atoms with Gasteiger partial charge in [0.1, 0.15) is 5.82 Å². The molecule has 0 aliphatic heterocycles. The zero-order valence-electron chi connectivity index (χ0n) is 18.3. The van der Waals surface area contributed by atoms with Gasteiger partial charge in [0.15, 0.2) is 11.6 Å². The molecule has 0 saturated carbocycles. The number of hydrogen-bond donors (Lipinski definition) is 4. The molecule has 0 aliphatic rings. The predicted octanol–water partition coefficient (Wildman–Crippen LogP) is 5.62. The zero-order valence-corrected chi connectivity index (χ0v) is 18.3. The summed E-state index contributed by atoms with van der Waals surface area (Å²) in [5.41, 5.74) is -0.126. The number of halogens is 3. The maximum absolute atomic E-state index is 14.2. The van der Waals surface area contributed by atoms with E-state index in [9.17, 15) is 18.0 Å². The van der Waals surface area contributed by atoms with Crippen molar-refractivity contribution in [3.05, 3.63) is 88.7 Å². The van der Waals surface area contributed by atoms with E-state index in [1.807, 2.05) is 30.3 Å². The van der Waals surface area contributed by atoms with Gasteiger partial charge in [0.2, 0.25) is 0 Å². The summed E-state index contributed by atoms with van der Waals surface area (Å²) in [5.74, 6) is 0.528. The lowest BCUT2D eigenvalue weighted by Gasteiger charge is -2.14. The quantitative estimate of drug-likeness (QED) is 0.258. The first kappa shape index (κ1) is 21.6. The molecule has 0 fully saturated rings. The molecule has 36 heavy (non-hydrogen) atoms. The summed E-state index contributed by atoms with van der Waals surface area (Å²) in [6, 6.07) is 20.9. The van der Waals surface area contributed by atoms with Crippen molar-refractivity contribution in [2.24, 2.45) is 0 Å². The van der Waals surface area contributed by atoms with Crippen LogP contribution in [0.5, 0.6) is 0 Å². The molecule has 178 valence electrons. The number of benzene rings is 3. The van der Waals surface area contributed by atoms with Crippen molar-refractivity contribution in [2.75, 3.05) is 5.32 Å². The molecule has 0 bridgehead atoms. The van der Waals surface area contributed by atoms with Gasteiger partial charge in [-0.25, -0.2) is 9.97 Å². The number of para-hydroxylation sites is 1. The Morgan fingerprint density at radius 1 is 0.861 bits per heavy atom. The summed E-state index contributed by atoms with van der Waals surface area (Å²) in [6.07, 6.45) is -4.82. The summed E-state index contributed by atoms with van der Waals surface area (Å²) in [6.45, 7) is 0. The van der Waals surface area contributed by atoms with Gasteiger partial charge in [0, 0.05) is 17.0 Å². The number of anilines is 2. The zero-order chi connectivity index (χ0) is 24.9. The number of H-pyrrole nitrogens is 3. The fourth-order valence-corrected chi connectivity index (χ4v) is 4.18. The second-order valence-electron chi connectivity index (χ2n) is 8.06. The molecule has 3 aromatic heterocycles. The molecule has 3 aromatic carbocycles. The van der Waals surface area contributed by atoms with Crippen LogP contribution >= 0.6 is 0 Å². The molecule has 0 spiro atoms. The number of nitrogens with one attached hydrogen (secondary N) is 4. The van der Waals surface area contributed by atoms with Crippen LogP contribution in [0.3, 0.4) is 0 Å². The van der Waals surface area contributed by atoms with E-state index in [4.69, 9.17) is 0 Å². The highest BCUT2D eigenvalue weighted by Gasteiger charge is 2.38. The van der Waals surface area contributed by atoms with Crippen LogP contribution in [0, 0.1) is 0 Å². The fourth-order valence-electron chi connectivity index (χ4n) is 4.18. The van der Waals surface area contributed by atoms with E-state index in [2.05, 4.69) is 35.7 Å². The molecule has 0 atom stereocenters. The minimum absolute atomic E-state index is 0.0418. The van der Waals surface area contributed by atoms with Gasteiger partial charge in [-0.3, -0.25) is 20.1 Å². The number of nitrogens with zero attached hydrogens (tertiary/aromatic N) is 3. The lowest BCUT2D eigenvalue weighted by atomic mass is 10.0. The van der Waals surface area contributed by atoms with Gasteiger partial charge in [-0.2, -0.15) is 18.3 Å². The Morgan fingerprint density at radius 3 is 2.44 bits per heavy atom. The molecule has 0 radical (unpaired) electrons. The van der Waals surface area contributed by atoms with Crippen molar-refractivity contribution < 1.29 is 13.2 Å². The average Bonchev–Trinajstić information content (AvgIpc) is 3.50. The van der Waals surface area contributed by atoms with Crippen molar-refractivity contribution in [1.29, 1.82) is 0 Å². The Morgan fingerprint density at radius 2 is 1.64 bits per heavy atom. The number of rotatable bonds is 4. The van der Waals surface area contributed by atoms with Gasteiger partial charge in [-0.15, -0.1) is 0 Å². The average molecular weight is 487 g/mol. The van der Waals surface area contributed by atoms with Gasteiger partial charge in [0.05, 0.1) is 27.7 Å². The Balaban J connectivity index is 1.52. The van der Waals surface area contributed by atoms with E-state index < -0.39 is 22.7 Å². The molecule has 0 amide bonds. The molecule has 0 aliphatic carbocycles. The normalized spacial score (nSPS) is 11.9. The predicted molar refractivity (Wildman–Crippen MR) is 130 cm³/mol. The van der Waals surface area contributed by atoms with Crippen molar-refractivity contribution in [3.63, 3.8) is 0 Å². The smallest absolute Gasteiger partial charge is 0.323 e. The molecule has 3 heterocycles. The van der Waals surface area contributed by atoms with Crippen molar-refractivity contribution in [3.8, 4) is 22.6 Å². The van der Waals surface area contributed by atoms with Gasteiger partial charge in [0.25, 0.3) is 5.56 Å². The van der Waals surface area contributed by atoms with Crippen molar-refractivity contribution >= 4 is 33.4 Å². The molecule has 0 unspecified atom stereocenters. The summed E-state index contributed by atoms with van der Waals surface area (Å²) in [7, 11) is 0. The van der Waals surface area contributed by atoms with Crippen LogP contribution in [0.4, 0.5) is 24.8 Å². The van der Waals surface area contributed by atoms with Gasteiger partial charge >= 0.3 is 6.18 Å². The highest BCUT2D eigenvalue weighted by atomic mass is 19.4. The first-order valence-corrected chi connectivity index (χ1v) is 10.8. The highest BCUT2D eigenvalue weighted by molar-refractivity contribution is 5.94. The fraction of sp³-hybridized carbons (Fsp3) is 0.0400. The third kappa shape index (κ3) is 3.66. The number of alkyl halides is 3. The second-order valence-corrected chi connectivity index (χ2v) is 8.06. The van der Waals surface area contributed by atoms with E-state index in [0.717, 1.165) is 11.3 Å². The van der Waals surface area contributed by atoms with Gasteiger partial charge < -0.3 is 5.32 Å². The molecular weight excluding hydrogens is 471 g/mol. The number of aromatic amines is 3. The molecular formula is C25H16F3N7O. The van der Waals surface area contributed by atoms with E-state index in [0.29, 0.717) is 16.7 Å². The minimum atomic E-state index is -4.82. The van der Waals surface area contributed by atoms with E-state index >= 15 is 0 Å². The van der Waals surface area contributed by atoms with Gasteiger partial charge in [-0.1, -0.05) is 42.5 Å². The van der Waals surface area contributed by atoms with Crippen LogP contribution < -0.4 is 10.9 Å². The summed E-state index contributed by atoms with van der Waals surface area (Å²) in [4.78, 5) is 21.1. The topological polar surface area (TPSA) is 115 Å². The van der Waals surface area contributed by atoms with Crippen molar-refractivity contribution in [2.45, 2.75) is 6.18 Å². The first-order valence-electron chi connectivity index (χ1n) is 10.8. The van der Waals surface area contributed by atoms with E-state index in [-0.39, 0.29) is 22.7 Å². The highest BCUT2D eigenvalue weighted by Crippen LogP contribution is 2.40. The van der Waals surface area contributed by atoms with Crippen LogP contribution in [0.15, 0.2) is 77.6 Å². The Kier molecular flexibility index (Phi) is 4.85. The van der Waals surface area contributed by atoms with Crippen LogP contribution in [0.1, 0.15) is 5.56 Å². The molecule has 8 nitrogen and oxygen atoms in total. The third-order valence-corrected chi connectivity index (χ3v) is 5.78. The van der Waals surface area contributed by atoms with Crippen LogP contribution in [0.25, 0.3) is 44.5 Å². The molecule has 11 heteroatoms. The Labute approximate surface area is 200 Å². The number of hydrogen-bond acceptors (Lipinski definition) is 5. The summed E-state index contributed by atoms with van der Waals surface area (Å²) < 4.78 is 42.6. The van der Waals surface area contributed by atoms with Crippen LogP contribution in [-0.2, 0) is 6.18 Å². The lowest BCUT2D eigenvalue weighted by molar-refractivity contribution is -0.135. The maximum Gasteiger partial charge on any atom is 0.417 e. The largest absolute Gasteiger partial charge is 0.417 e. The third-order valence-electron chi connectivity index (χ3n) is 5.78. The van der Waals surface area contributed by atoms with Crippen LogP contribution in [0.2, 0.25) is 0 Å². The maximum atomic E-state index is 14.2. The lowest BCUT2D eigenvalue weighted by Crippen LogP contribution is -2.13. The van der Waals surface area contributed by atoms with E-state index in [1.165, 1.54) is 12.1 Å². The van der Waals surface area contributed by atoms with Gasteiger partial charge in [-0.05, 0) is 29.8 Å². The summed E-state index contributed by atoms with van der Waals surface area (Å²) in [5, 5.41) is 15.1. The molecule has 0 saturated heterocycles. The Hall–Kier alpha value is -4.93. The monoisotopic (exact) mass is 487 g/mol. The van der Waals surface area contributed by atoms with E-state index in [1.54, 1.807) is 30.3 Å². The molecule has 6 rings (SSSR count). The number of aromatic nitrogens is 6. The number of fused-ring (bicyclic) bond motifs is 2.